The molecule has 1 aromatic carbocycles. The minimum absolute atomic E-state index is 0.433. The Balaban J connectivity index is 1.59. The number of pyridine rings is 1. The zero-order valence-electron chi connectivity index (χ0n) is 17.0. The maximum atomic E-state index is 5.30. The van der Waals surface area contributed by atoms with Gasteiger partial charge in [-0.2, -0.15) is 4.98 Å². The van der Waals surface area contributed by atoms with Crippen LogP contribution in [0.4, 0.5) is 0 Å². The molecule has 0 atom stereocenters. The molecule has 0 saturated carbocycles. The van der Waals surface area contributed by atoms with Crippen LogP contribution in [0, 0.1) is 0 Å². The highest BCUT2D eigenvalue weighted by molar-refractivity contribution is 7.98. The van der Waals surface area contributed by atoms with Crippen molar-refractivity contribution in [2.75, 3.05) is 26.4 Å². The summed E-state index contributed by atoms with van der Waals surface area (Å²) in [6, 6.07) is 14.2. The molecule has 2 heterocycles. The van der Waals surface area contributed by atoms with E-state index in [0.29, 0.717) is 30.4 Å². The van der Waals surface area contributed by atoms with Gasteiger partial charge in [0.25, 0.3) is 5.89 Å². The van der Waals surface area contributed by atoms with Crippen LogP contribution in [0.15, 0.2) is 63.1 Å². The van der Waals surface area contributed by atoms with Crippen LogP contribution < -0.4 is 5.32 Å². The van der Waals surface area contributed by atoms with Gasteiger partial charge in [0.2, 0.25) is 0 Å². The van der Waals surface area contributed by atoms with E-state index in [1.54, 1.807) is 18.0 Å². The Hall–Kier alpha value is -2.87. The van der Waals surface area contributed by atoms with Gasteiger partial charge in [0.15, 0.2) is 11.8 Å². The Labute approximate surface area is 175 Å². The van der Waals surface area contributed by atoms with E-state index in [2.05, 4.69) is 62.8 Å². The van der Waals surface area contributed by atoms with E-state index in [1.807, 2.05) is 25.2 Å². The second kappa shape index (κ2) is 10.6. The summed E-state index contributed by atoms with van der Waals surface area (Å²) in [6.45, 7) is 4.22. The van der Waals surface area contributed by atoms with Crippen LogP contribution in [0.2, 0.25) is 0 Å². The van der Waals surface area contributed by atoms with E-state index in [9.17, 15) is 0 Å². The standard InChI is InChI=1S/C21H26N6OS/c1-4-22-21(27(2)15-16-8-10-17(29-3)11-9-16)24-14-12-19-25-20(28-26-19)18-7-5-6-13-23-18/h5-11,13H,4,12,14-15H2,1-3H3,(H,22,24). The van der Waals surface area contributed by atoms with Crippen LogP contribution in [-0.4, -0.2) is 52.4 Å². The van der Waals surface area contributed by atoms with Gasteiger partial charge in [0.1, 0.15) is 5.69 Å². The summed E-state index contributed by atoms with van der Waals surface area (Å²) in [6.07, 6.45) is 4.39. The van der Waals surface area contributed by atoms with E-state index in [1.165, 1.54) is 10.5 Å². The number of nitrogens with one attached hydrogen (secondary N) is 1. The molecule has 1 N–H and O–H groups in total. The van der Waals surface area contributed by atoms with E-state index >= 15 is 0 Å². The minimum atomic E-state index is 0.433. The highest BCUT2D eigenvalue weighted by Gasteiger charge is 2.10. The summed E-state index contributed by atoms with van der Waals surface area (Å²) < 4.78 is 5.30. The van der Waals surface area contributed by atoms with E-state index in [0.717, 1.165) is 19.0 Å². The number of benzene rings is 1. The first-order valence-corrected chi connectivity index (χ1v) is 10.8. The van der Waals surface area contributed by atoms with Crippen molar-refractivity contribution in [2.24, 2.45) is 4.99 Å². The summed E-state index contributed by atoms with van der Waals surface area (Å²) in [4.78, 5) is 16.7. The molecule has 0 amide bonds. The fraction of sp³-hybridized carbons (Fsp3) is 0.333. The lowest BCUT2D eigenvalue weighted by Crippen LogP contribution is -2.38. The molecule has 0 aliphatic carbocycles. The predicted octanol–water partition coefficient (Wildman–Crippen LogP) is 3.49. The molecule has 8 heteroatoms. The summed E-state index contributed by atoms with van der Waals surface area (Å²) >= 11 is 1.75. The molecule has 7 nitrogen and oxygen atoms in total. The minimum Gasteiger partial charge on any atom is -0.357 e. The number of hydrogen-bond donors (Lipinski definition) is 1. The number of nitrogens with zero attached hydrogens (tertiary/aromatic N) is 5. The zero-order chi connectivity index (χ0) is 20.5. The third-order valence-corrected chi connectivity index (χ3v) is 4.97. The SMILES string of the molecule is CCNC(=NCCc1noc(-c2ccccn2)n1)N(C)Cc1ccc(SC)cc1. The predicted molar refractivity (Wildman–Crippen MR) is 117 cm³/mol. The number of guanidine groups is 1. The first-order valence-electron chi connectivity index (χ1n) is 9.56. The Kier molecular flexibility index (Phi) is 7.63. The second-order valence-corrected chi connectivity index (χ2v) is 7.30. The number of aromatic nitrogens is 3. The normalized spacial score (nSPS) is 11.5. The highest BCUT2D eigenvalue weighted by atomic mass is 32.2. The molecule has 0 saturated heterocycles. The lowest BCUT2D eigenvalue weighted by Gasteiger charge is -2.22. The average Bonchev–Trinajstić information content (AvgIpc) is 3.23. The van der Waals surface area contributed by atoms with Crippen molar-refractivity contribution in [3.63, 3.8) is 0 Å². The molecule has 0 spiro atoms. The van der Waals surface area contributed by atoms with Crippen molar-refractivity contribution in [2.45, 2.75) is 24.8 Å². The van der Waals surface area contributed by atoms with Gasteiger partial charge in [-0.05, 0) is 43.0 Å². The summed E-state index contributed by atoms with van der Waals surface area (Å²) in [5.74, 6) is 1.91. The smallest absolute Gasteiger partial charge is 0.276 e. The quantitative estimate of drug-likeness (QED) is 0.346. The molecule has 0 aliphatic heterocycles. The molecular formula is C21H26N6OS. The van der Waals surface area contributed by atoms with E-state index in [-0.39, 0.29) is 0 Å². The number of hydrogen-bond acceptors (Lipinski definition) is 6. The molecule has 0 unspecified atom stereocenters. The Morgan fingerprint density at radius 3 is 2.72 bits per heavy atom. The molecule has 29 heavy (non-hydrogen) atoms. The maximum absolute atomic E-state index is 5.30. The summed E-state index contributed by atoms with van der Waals surface area (Å²) in [5.41, 5.74) is 1.92. The lowest BCUT2D eigenvalue weighted by atomic mass is 10.2. The fourth-order valence-corrected chi connectivity index (χ4v) is 3.17. The molecule has 3 aromatic rings. The number of rotatable bonds is 8. The van der Waals surface area contributed by atoms with Gasteiger partial charge < -0.3 is 14.7 Å². The molecule has 0 fully saturated rings. The summed E-state index contributed by atoms with van der Waals surface area (Å²) in [7, 11) is 2.04. The summed E-state index contributed by atoms with van der Waals surface area (Å²) in [5, 5.41) is 7.37. The van der Waals surface area contributed by atoms with Crippen molar-refractivity contribution < 1.29 is 4.52 Å². The largest absolute Gasteiger partial charge is 0.357 e. The van der Waals surface area contributed by atoms with Gasteiger partial charge in [-0.25, -0.2) is 0 Å². The van der Waals surface area contributed by atoms with Crippen LogP contribution in [0.25, 0.3) is 11.6 Å². The number of thioether (sulfide) groups is 1. The first kappa shape index (κ1) is 20.9. The molecule has 0 bridgehead atoms. The van der Waals surface area contributed by atoms with Gasteiger partial charge in [0, 0.05) is 44.2 Å². The van der Waals surface area contributed by atoms with Crippen molar-refractivity contribution in [3.8, 4) is 11.6 Å². The molecule has 0 radical (unpaired) electrons. The molecular weight excluding hydrogens is 384 g/mol. The molecule has 0 aliphatic rings. The Morgan fingerprint density at radius 1 is 1.21 bits per heavy atom. The third-order valence-electron chi connectivity index (χ3n) is 4.22. The third kappa shape index (κ3) is 6.05. The Bertz CT molecular complexity index is 910. The van der Waals surface area contributed by atoms with E-state index in [4.69, 9.17) is 9.52 Å². The van der Waals surface area contributed by atoms with Crippen LogP contribution in [0.3, 0.4) is 0 Å². The van der Waals surface area contributed by atoms with Gasteiger partial charge >= 0.3 is 0 Å². The van der Waals surface area contributed by atoms with Crippen LogP contribution in [0.1, 0.15) is 18.3 Å². The monoisotopic (exact) mass is 410 g/mol. The van der Waals surface area contributed by atoms with Gasteiger partial charge in [0.05, 0.1) is 0 Å². The van der Waals surface area contributed by atoms with Crippen LogP contribution in [0.5, 0.6) is 0 Å². The van der Waals surface area contributed by atoms with Crippen molar-refractivity contribution >= 4 is 17.7 Å². The van der Waals surface area contributed by atoms with Gasteiger partial charge in [-0.1, -0.05) is 23.4 Å². The van der Waals surface area contributed by atoms with Crippen molar-refractivity contribution in [3.05, 3.63) is 60.0 Å². The average molecular weight is 411 g/mol. The van der Waals surface area contributed by atoms with Crippen LogP contribution >= 0.6 is 11.8 Å². The fourth-order valence-electron chi connectivity index (χ4n) is 2.76. The number of aliphatic imine (C=N–C) groups is 1. The Morgan fingerprint density at radius 2 is 2.03 bits per heavy atom. The molecule has 3 rings (SSSR count). The maximum Gasteiger partial charge on any atom is 0.276 e. The zero-order valence-corrected chi connectivity index (χ0v) is 17.8. The van der Waals surface area contributed by atoms with Crippen molar-refractivity contribution in [1.29, 1.82) is 0 Å². The van der Waals surface area contributed by atoms with Gasteiger partial charge in [-0.15, -0.1) is 11.8 Å². The highest BCUT2D eigenvalue weighted by Crippen LogP contribution is 2.16. The van der Waals surface area contributed by atoms with Crippen LogP contribution in [-0.2, 0) is 13.0 Å². The molecule has 152 valence electrons. The topological polar surface area (TPSA) is 79.4 Å². The van der Waals surface area contributed by atoms with Crippen molar-refractivity contribution in [1.82, 2.24) is 25.3 Å². The lowest BCUT2D eigenvalue weighted by molar-refractivity contribution is 0.421. The second-order valence-electron chi connectivity index (χ2n) is 6.42. The molecule has 2 aromatic heterocycles. The van der Waals surface area contributed by atoms with Gasteiger partial charge in [-0.3, -0.25) is 9.98 Å². The van der Waals surface area contributed by atoms with E-state index < -0.39 is 0 Å². The first-order chi connectivity index (χ1) is 14.2.